The van der Waals surface area contributed by atoms with E-state index in [4.69, 9.17) is 0 Å². The van der Waals surface area contributed by atoms with Crippen LogP contribution in [0.2, 0.25) is 0 Å². The number of aromatic nitrogens is 2. The normalized spacial score (nSPS) is 10.1. The van der Waals surface area contributed by atoms with E-state index in [1.807, 2.05) is 0 Å². The molecule has 18 heavy (non-hydrogen) atoms. The van der Waals surface area contributed by atoms with E-state index in [1.165, 1.54) is 7.11 Å². The van der Waals surface area contributed by atoms with Gasteiger partial charge >= 0.3 is 5.97 Å². The van der Waals surface area contributed by atoms with E-state index < -0.39 is 5.97 Å². The standard InChI is InChI=1S/C11H11N3O3S/c1-14-6-7(5-12-14)13-10(15)8-3-4-9(18-8)11(16)17-2/h3-6H,1-2H3,(H,13,15). The fourth-order valence-corrected chi connectivity index (χ4v) is 2.17. The zero-order chi connectivity index (χ0) is 13.1. The zero-order valence-corrected chi connectivity index (χ0v) is 10.7. The van der Waals surface area contributed by atoms with Crippen LogP contribution in [0.25, 0.3) is 0 Å². The molecule has 2 rings (SSSR count). The van der Waals surface area contributed by atoms with E-state index >= 15 is 0 Å². The molecule has 2 aromatic rings. The summed E-state index contributed by atoms with van der Waals surface area (Å²) >= 11 is 1.09. The number of anilines is 1. The van der Waals surface area contributed by atoms with Crippen molar-refractivity contribution in [2.24, 2.45) is 7.05 Å². The number of aryl methyl sites for hydroxylation is 1. The highest BCUT2D eigenvalue weighted by Crippen LogP contribution is 2.18. The number of nitrogens with zero attached hydrogens (tertiary/aromatic N) is 2. The van der Waals surface area contributed by atoms with E-state index in [0.717, 1.165) is 11.3 Å². The van der Waals surface area contributed by atoms with Crippen LogP contribution in [-0.4, -0.2) is 28.8 Å². The van der Waals surface area contributed by atoms with Crippen molar-refractivity contribution in [3.8, 4) is 0 Å². The third kappa shape index (κ3) is 2.57. The Morgan fingerprint density at radius 3 is 2.72 bits per heavy atom. The van der Waals surface area contributed by atoms with Crippen LogP contribution in [0.15, 0.2) is 24.5 Å². The van der Waals surface area contributed by atoms with Gasteiger partial charge in [-0.15, -0.1) is 11.3 Å². The fourth-order valence-electron chi connectivity index (χ4n) is 1.35. The predicted octanol–water partition coefficient (Wildman–Crippen LogP) is 1.52. The number of hydrogen-bond acceptors (Lipinski definition) is 5. The first-order valence-corrected chi connectivity index (χ1v) is 5.90. The molecule has 0 radical (unpaired) electrons. The summed E-state index contributed by atoms with van der Waals surface area (Å²) in [5.41, 5.74) is 0.607. The minimum atomic E-state index is -0.444. The predicted molar refractivity (Wildman–Crippen MR) is 66.8 cm³/mol. The molecule has 0 saturated heterocycles. The first-order chi connectivity index (χ1) is 8.60. The molecule has 0 aliphatic rings. The van der Waals surface area contributed by atoms with E-state index in [1.54, 1.807) is 36.3 Å². The molecule has 7 heteroatoms. The molecular formula is C11H11N3O3S. The lowest BCUT2D eigenvalue weighted by Gasteiger charge is -1.98. The molecule has 0 bridgehead atoms. The Morgan fingerprint density at radius 2 is 2.11 bits per heavy atom. The van der Waals surface area contributed by atoms with Gasteiger partial charge in [-0.2, -0.15) is 5.10 Å². The van der Waals surface area contributed by atoms with Gasteiger partial charge in [0, 0.05) is 13.2 Å². The Balaban J connectivity index is 2.09. The molecule has 0 atom stereocenters. The lowest BCUT2D eigenvalue weighted by Crippen LogP contribution is -2.09. The van der Waals surface area contributed by atoms with E-state index in [2.05, 4.69) is 15.2 Å². The molecule has 0 saturated carbocycles. The number of carbonyl (C=O) groups is 2. The minimum Gasteiger partial charge on any atom is -0.465 e. The monoisotopic (exact) mass is 265 g/mol. The summed E-state index contributed by atoms with van der Waals surface area (Å²) in [5.74, 6) is -0.719. The first kappa shape index (κ1) is 12.3. The molecule has 0 spiro atoms. The Morgan fingerprint density at radius 1 is 1.39 bits per heavy atom. The van der Waals surface area contributed by atoms with Gasteiger partial charge in [-0.3, -0.25) is 9.48 Å². The van der Waals surface area contributed by atoms with Gasteiger partial charge < -0.3 is 10.1 Å². The van der Waals surface area contributed by atoms with Crippen molar-refractivity contribution in [1.82, 2.24) is 9.78 Å². The van der Waals surface area contributed by atoms with E-state index in [-0.39, 0.29) is 5.91 Å². The van der Waals surface area contributed by atoms with Gasteiger partial charge in [-0.25, -0.2) is 4.79 Å². The van der Waals surface area contributed by atoms with Crippen LogP contribution in [0.4, 0.5) is 5.69 Å². The molecule has 6 nitrogen and oxygen atoms in total. The van der Waals surface area contributed by atoms with Gasteiger partial charge in [-0.05, 0) is 12.1 Å². The largest absolute Gasteiger partial charge is 0.465 e. The van der Waals surface area contributed by atoms with Crippen molar-refractivity contribution in [2.75, 3.05) is 12.4 Å². The summed E-state index contributed by atoms with van der Waals surface area (Å²) in [6.07, 6.45) is 3.24. The summed E-state index contributed by atoms with van der Waals surface area (Å²) in [7, 11) is 3.06. The van der Waals surface area contributed by atoms with E-state index in [0.29, 0.717) is 15.4 Å². The Bertz CT molecular complexity index is 588. The number of amides is 1. The van der Waals surface area contributed by atoms with Gasteiger partial charge in [0.25, 0.3) is 5.91 Å². The molecule has 0 unspecified atom stereocenters. The molecule has 1 N–H and O–H groups in total. The summed E-state index contributed by atoms with van der Waals surface area (Å²) in [6, 6.07) is 3.15. The van der Waals surface area contributed by atoms with Gasteiger partial charge in [-0.1, -0.05) is 0 Å². The van der Waals surface area contributed by atoms with E-state index in [9.17, 15) is 9.59 Å². The highest BCUT2D eigenvalue weighted by molar-refractivity contribution is 7.16. The van der Waals surface area contributed by atoms with Crippen LogP contribution in [0.5, 0.6) is 0 Å². The number of ether oxygens (including phenoxy) is 1. The summed E-state index contributed by atoms with van der Waals surface area (Å²) in [4.78, 5) is 24.0. The molecule has 2 heterocycles. The van der Waals surface area contributed by atoms with Crippen LogP contribution < -0.4 is 5.32 Å². The topological polar surface area (TPSA) is 73.2 Å². The maximum atomic E-state index is 11.9. The van der Waals surface area contributed by atoms with Crippen molar-refractivity contribution < 1.29 is 14.3 Å². The summed E-state index contributed by atoms with van der Waals surface area (Å²) < 4.78 is 6.16. The number of esters is 1. The number of nitrogens with one attached hydrogen (secondary N) is 1. The average molecular weight is 265 g/mol. The molecule has 0 fully saturated rings. The molecular weight excluding hydrogens is 254 g/mol. The third-order valence-corrected chi connectivity index (χ3v) is 3.24. The SMILES string of the molecule is COC(=O)c1ccc(C(=O)Nc2cnn(C)c2)s1. The van der Waals surface area contributed by atoms with Crippen molar-refractivity contribution in [2.45, 2.75) is 0 Å². The second-order valence-electron chi connectivity index (χ2n) is 3.51. The molecule has 94 valence electrons. The van der Waals surface area contributed by atoms with Crippen molar-refractivity contribution in [3.63, 3.8) is 0 Å². The van der Waals surface area contributed by atoms with Crippen LogP contribution in [0, 0.1) is 0 Å². The fraction of sp³-hybridized carbons (Fsp3) is 0.182. The zero-order valence-electron chi connectivity index (χ0n) is 9.84. The number of hydrogen-bond donors (Lipinski definition) is 1. The van der Waals surface area contributed by atoms with Gasteiger partial charge in [0.05, 0.1) is 23.9 Å². The Kier molecular flexibility index (Phi) is 3.42. The molecule has 1 amide bonds. The van der Waals surface area contributed by atoms with Gasteiger partial charge in [0.2, 0.25) is 0 Å². The Labute approximate surface area is 107 Å². The number of carbonyl (C=O) groups excluding carboxylic acids is 2. The molecule has 0 aliphatic heterocycles. The Hall–Kier alpha value is -2.15. The summed E-state index contributed by atoms with van der Waals surface area (Å²) in [5, 5.41) is 6.63. The lowest BCUT2D eigenvalue weighted by atomic mass is 10.4. The van der Waals surface area contributed by atoms with Crippen LogP contribution in [0.1, 0.15) is 19.3 Å². The van der Waals surface area contributed by atoms with Crippen molar-refractivity contribution in [1.29, 1.82) is 0 Å². The second-order valence-corrected chi connectivity index (χ2v) is 4.60. The third-order valence-electron chi connectivity index (χ3n) is 2.18. The van der Waals surface area contributed by atoms with Crippen molar-refractivity contribution in [3.05, 3.63) is 34.3 Å². The quantitative estimate of drug-likeness (QED) is 0.854. The van der Waals surface area contributed by atoms with Gasteiger partial charge in [0.15, 0.2) is 0 Å². The van der Waals surface area contributed by atoms with Gasteiger partial charge in [0.1, 0.15) is 4.88 Å². The van der Waals surface area contributed by atoms with Crippen LogP contribution >= 0.6 is 11.3 Å². The average Bonchev–Trinajstić information content (AvgIpc) is 2.97. The minimum absolute atomic E-state index is 0.275. The highest BCUT2D eigenvalue weighted by atomic mass is 32.1. The molecule has 2 aromatic heterocycles. The maximum Gasteiger partial charge on any atom is 0.348 e. The summed E-state index contributed by atoms with van der Waals surface area (Å²) in [6.45, 7) is 0. The molecule has 0 aromatic carbocycles. The number of methoxy groups -OCH3 is 1. The smallest absolute Gasteiger partial charge is 0.348 e. The first-order valence-electron chi connectivity index (χ1n) is 5.08. The number of rotatable bonds is 3. The maximum absolute atomic E-state index is 11.9. The van der Waals surface area contributed by atoms with Crippen LogP contribution in [0.3, 0.4) is 0 Å². The highest BCUT2D eigenvalue weighted by Gasteiger charge is 2.14. The lowest BCUT2D eigenvalue weighted by molar-refractivity contribution is 0.0606. The second kappa shape index (κ2) is 5.01. The van der Waals surface area contributed by atoms with Crippen molar-refractivity contribution >= 4 is 28.9 Å². The van der Waals surface area contributed by atoms with Crippen LogP contribution in [-0.2, 0) is 11.8 Å². The number of thiophene rings is 1. The molecule has 0 aliphatic carbocycles.